The van der Waals surface area contributed by atoms with Gasteiger partial charge in [0.25, 0.3) is 6.43 Å². The molecule has 8 heteroatoms. The summed E-state index contributed by atoms with van der Waals surface area (Å²) in [5, 5.41) is 5.48. The molecule has 6 aromatic rings. The third-order valence-corrected chi connectivity index (χ3v) is 7.53. The highest BCUT2D eigenvalue weighted by Crippen LogP contribution is 2.53. The number of pyridine rings is 1. The first-order valence-corrected chi connectivity index (χ1v) is 11.9. The zero-order valence-corrected chi connectivity index (χ0v) is 18.6. The van der Waals surface area contributed by atoms with Crippen LogP contribution in [0.2, 0.25) is 0 Å². The van der Waals surface area contributed by atoms with Crippen LogP contribution in [-0.4, -0.2) is 24.6 Å². The minimum absolute atomic E-state index is 0.236. The van der Waals surface area contributed by atoms with E-state index in [9.17, 15) is 8.78 Å². The van der Waals surface area contributed by atoms with E-state index >= 15 is 0 Å². The van der Waals surface area contributed by atoms with Crippen LogP contribution in [0.1, 0.15) is 41.8 Å². The first-order valence-electron chi connectivity index (χ1n) is 11.0. The van der Waals surface area contributed by atoms with Crippen LogP contribution in [0.3, 0.4) is 0 Å². The molecule has 1 fully saturated rings. The molecule has 0 saturated heterocycles. The summed E-state index contributed by atoms with van der Waals surface area (Å²) >= 11 is 1.34. The van der Waals surface area contributed by atoms with Gasteiger partial charge in [-0.1, -0.05) is 60.7 Å². The largest absolute Gasteiger partial charge is 0.280 e. The molecule has 7 rings (SSSR count). The Bertz CT molecular complexity index is 1680. The van der Waals surface area contributed by atoms with Gasteiger partial charge in [-0.3, -0.25) is 0 Å². The van der Waals surface area contributed by atoms with E-state index in [4.69, 9.17) is 10.1 Å². The van der Waals surface area contributed by atoms with Crippen LogP contribution in [0, 0.1) is 0 Å². The molecule has 1 aliphatic carbocycles. The number of hydrogen-bond acceptors (Lipinski definition) is 5. The Balaban J connectivity index is 1.41. The van der Waals surface area contributed by atoms with Crippen molar-refractivity contribution in [3.63, 3.8) is 0 Å². The number of alkyl halides is 2. The summed E-state index contributed by atoms with van der Waals surface area (Å²) in [6, 6.07) is 21.4. The van der Waals surface area contributed by atoms with E-state index in [0.717, 1.165) is 27.9 Å². The zero-order valence-electron chi connectivity index (χ0n) is 17.8. The van der Waals surface area contributed by atoms with E-state index in [2.05, 4.69) is 34.2 Å². The molecule has 1 saturated carbocycles. The van der Waals surface area contributed by atoms with E-state index in [1.807, 2.05) is 36.4 Å². The molecule has 0 N–H and O–H groups in total. The Morgan fingerprint density at radius 2 is 1.71 bits per heavy atom. The molecule has 0 spiro atoms. The monoisotopic (exact) mass is 469 g/mol. The standard InChI is InChI=1S/C26H17F2N5S/c27-23(28)19-12-17(15-9-5-2-6-10-15)20-21-22(34-26(20)30-19)25-31-24(32-33(25)13-29-21)18-11-16(18)14-7-3-1-4-8-14/h1-10,12-13,16,18,23H,11H2/t16-,18+/m1/s1. The van der Waals surface area contributed by atoms with Crippen LogP contribution in [-0.2, 0) is 0 Å². The highest BCUT2D eigenvalue weighted by Gasteiger charge is 2.42. The fourth-order valence-electron chi connectivity index (χ4n) is 4.73. The molecule has 5 nitrogen and oxygen atoms in total. The molecule has 0 amide bonds. The third kappa shape index (κ3) is 3.02. The van der Waals surface area contributed by atoms with E-state index in [1.165, 1.54) is 23.0 Å². The molecule has 1 aliphatic rings. The van der Waals surface area contributed by atoms with E-state index in [-0.39, 0.29) is 11.6 Å². The second-order valence-corrected chi connectivity index (χ2v) is 9.56. The highest BCUT2D eigenvalue weighted by atomic mass is 32.1. The van der Waals surface area contributed by atoms with Crippen LogP contribution in [0.5, 0.6) is 0 Å². The molecular weight excluding hydrogens is 452 g/mol. The molecule has 0 aliphatic heterocycles. The van der Waals surface area contributed by atoms with Gasteiger partial charge in [-0.15, -0.1) is 16.4 Å². The van der Waals surface area contributed by atoms with Crippen LogP contribution in [0.25, 0.3) is 37.2 Å². The Labute approximate surface area is 196 Å². The van der Waals surface area contributed by atoms with Crippen LogP contribution >= 0.6 is 11.3 Å². The number of nitrogens with zero attached hydrogens (tertiary/aromatic N) is 5. The van der Waals surface area contributed by atoms with Gasteiger partial charge in [-0.2, -0.15) is 0 Å². The molecule has 0 bridgehead atoms. The maximum Gasteiger partial charge on any atom is 0.280 e. The van der Waals surface area contributed by atoms with Crippen molar-refractivity contribution in [1.82, 2.24) is 24.6 Å². The van der Waals surface area contributed by atoms with Crippen molar-refractivity contribution in [2.45, 2.75) is 24.7 Å². The summed E-state index contributed by atoms with van der Waals surface area (Å²) < 4.78 is 29.9. The van der Waals surface area contributed by atoms with Gasteiger partial charge in [0.15, 0.2) is 11.5 Å². The summed E-state index contributed by atoms with van der Waals surface area (Å²) in [5.41, 5.74) is 4.03. The topological polar surface area (TPSA) is 56.0 Å². The molecule has 4 aromatic heterocycles. The van der Waals surface area contributed by atoms with Crippen molar-refractivity contribution in [1.29, 1.82) is 0 Å². The maximum atomic E-state index is 13.7. The van der Waals surface area contributed by atoms with Crippen LogP contribution in [0.4, 0.5) is 8.78 Å². The lowest BCUT2D eigenvalue weighted by molar-refractivity contribution is 0.146. The third-order valence-electron chi connectivity index (χ3n) is 6.46. The number of rotatable bonds is 4. The van der Waals surface area contributed by atoms with Crippen molar-refractivity contribution in [2.75, 3.05) is 0 Å². The zero-order chi connectivity index (χ0) is 22.8. The van der Waals surface area contributed by atoms with Crippen molar-refractivity contribution >= 4 is 37.4 Å². The van der Waals surface area contributed by atoms with Crippen molar-refractivity contribution in [3.8, 4) is 11.1 Å². The Morgan fingerprint density at radius 1 is 0.941 bits per heavy atom. The second kappa shape index (κ2) is 7.36. The average molecular weight is 470 g/mol. The van der Waals surface area contributed by atoms with Gasteiger partial charge in [0.05, 0.1) is 5.52 Å². The molecule has 0 unspecified atom stereocenters. The van der Waals surface area contributed by atoms with Gasteiger partial charge in [-0.25, -0.2) is 28.2 Å². The van der Waals surface area contributed by atoms with Gasteiger partial charge >= 0.3 is 0 Å². The first-order chi connectivity index (χ1) is 16.7. The second-order valence-electron chi connectivity index (χ2n) is 8.56. The number of hydrogen-bond donors (Lipinski definition) is 0. The summed E-state index contributed by atoms with van der Waals surface area (Å²) in [5.74, 6) is 1.49. The van der Waals surface area contributed by atoms with Crippen LogP contribution in [0.15, 0.2) is 73.1 Å². The van der Waals surface area contributed by atoms with Crippen LogP contribution < -0.4 is 0 Å². The minimum atomic E-state index is -2.66. The fourth-order valence-corrected chi connectivity index (χ4v) is 5.86. The summed E-state index contributed by atoms with van der Waals surface area (Å²) in [7, 11) is 0. The molecule has 0 radical (unpaired) electrons. The van der Waals surface area contributed by atoms with Gasteiger partial charge in [-0.05, 0) is 35.1 Å². The van der Waals surface area contributed by atoms with E-state index in [0.29, 0.717) is 27.5 Å². The van der Waals surface area contributed by atoms with Gasteiger partial charge < -0.3 is 0 Å². The number of halogens is 2. The Morgan fingerprint density at radius 3 is 2.47 bits per heavy atom. The normalized spacial score (nSPS) is 17.9. The smallest absolute Gasteiger partial charge is 0.236 e. The maximum absolute atomic E-state index is 13.7. The van der Waals surface area contributed by atoms with Gasteiger partial charge in [0, 0.05) is 11.3 Å². The van der Waals surface area contributed by atoms with E-state index < -0.39 is 6.43 Å². The van der Waals surface area contributed by atoms with Crippen molar-refractivity contribution in [3.05, 3.63) is 90.1 Å². The lowest BCUT2D eigenvalue weighted by Gasteiger charge is -2.07. The minimum Gasteiger partial charge on any atom is -0.236 e. The van der Waals surface area contributed by atoms with Crippen molar-refractivity contribution in [2.24, 2.45) is 0 Å². The molecule has 2 atom stereocenters. The highest BCUT2D eigenvalue weighted by molar-refractivity contribution is 7.26. The number of thiophene rings is 1. The van der Waals surface area contributed by atoms with E-state index in [1.54, 1.807) is 10.8 Å². The number of fused-ring (bicyclic) bond motifs is 5. The Hall–Kier alpha value is -3.78. The van der Waals surface area contributed by atoms with Gasteiger partial charge in [0.2, 0.25) is 0 Å². The molecule has 34 heavy (non-hydrogen) atoms. The van der Waals surface area contributed by atoms with Crippen molar-refractivity contribution < 1.29 is 8.78 Å². The summed E-state index contributed by atoms with van der Waals surface area (Å²) in [4.78, 5) is 14.4. The molecule has 166 valence electrons. The fraction of sp³-hybridized carbons (Fsp3) is 0.154. The average Bonchev–Trinajstić information content (AvgIpc) is 3.40. The Kier molecular flexibility index (Phi) is 4.26. The molecule has 4 heterocycles. The lowest BCUT2D eigenvalue weighted by Crippen LogP contribution is -1.93. The molecule has 2 aromatic carbocycles. The summed E-state index contributed by atoms with van der Waals surface area (Å²) in [6.45, 7) is 0. The molecular formula is C26H17F2N5S. The predicted octanol–water partition coefficient (Wildman–Crippen LogP) is 6.76. The SMILES string of the molecule is FC(F)c1cc(-c2ccccc2)c2c(n1)sc1c2ncn2nc([C@H]3C[C@@H]3c3ccccc3)nc12. The quantitative estimate of drug-likeness (QED) is 0.286. The lowest BCUT2D eigenvalue weighted by atomic mass is 10.0. The van der Waals surface area contributed by atoms with Gasteiger partial charge in [0.1, 0.15) is 21.6 Å². The predicted molar refractivity (Wildman–Crippen MR) is 128 cm³/mol. The number of aromatic nitrogens is 5. The summed E-state index contributed by atoms with van der Waals surface area (Å²) in [6.07, 6.45) is 0.0201. The first kappa shape index (κ1) is 19.7. The number of benzene rings is 2.